The number of halogens is 1. The van der Waals surface area contributed by atoms with Crippen molar-refractivity contribution in [1.82, 2.24) is 0 Å². The van der Waals surface area contributed by atoms with Gasteiger partial charge in [-0.3, -0.25) is 14.9 Å². The summed E-state index contributed by atoms with van der Waals surface area (Å²) in [5, 5.41) is 14.2. The largest absolute Gasteiger partial charge is 0.495 e. The van der Waals surface area contributed by atoms with Crippen molar-refractivity contribution >= 4 is 28.9 Å². The van der Waals surface area contributed by atoms with Gasteiger partial charge in [-0.1, -0.05) is 23.7 Å². The maximum absolute atomic E-state index is 12.0. The summed E-state index contributed by atoms with van der Waals surface area (Å²) in [6.07, 6.45) is 1.70. The molecule has 0 spiro atoms. The van der Waals surface area contributed by atoms with Crippen LogP contribution in [0.25, 0.3) is 0 Å². The van der Waals surface area contributed by atoms with Crippen LogP contribution < -0.4 is 10.1 Å². The number of aryl methyl sites for hydroxylation is 1. The fourth-order valence-electron chi connectivity index (χ4n) is 2.22. The summed E-state index contributed by atoms with van der Waals surface area (Å²) < 4.78 is 5.12. The Morgan fingerprint density at radius 2 is 1.96 bits per heavy atom. The van der Waals surface area contributed by atoms with E-state index in [1.54, 1.807) is 0 Å². The number of amides is 1. The standard InChI is InChI=1S/C17H17ClN2O4/c1-24-16-10-9-14(20(22)23)11-15(16)19-17(21)4-2-3-12-5-7-13(18)8-6-12/h5-11H,2-4H2,1H3,(H,19,21). The van der Waals surface area contributed by atoms with Crippen LogP contribution in [-0.4, -0.2) is 17.9 Å². The molecule has 6 nitrogen and oxygen atoms in total. The molecule has 2 aromatic rings. The summed E-state index contributed by atoms with van der Waals surface area (Å²) >= 11 is 5.83. The van der Waals surface area contributed by atoms with Gasteiger partial charge in [-0.15, -0.1) is 0 Å². The van der Waals surface area contributed by atoms with E-state index in [2.05, 4.69) is 5.32 Å². The first-order valence-corrected chi connectivity index (χ1v) is 7.74. The van der Waals surface area contributed by atoms with E-state index in [0.29, 0.717) is 29.3 Å². The molecular formula is C17H17ClN2O4. The van der Waals surface area contributed by atoms with Crippen LogP contribution in [0.4, 0.5) is 11.4 Å². The Balaban J connectivity index is 1.93. The average Bonchev–Trinajstić information content (AvgIpc) is 2.56. The maximum Gasteiger partial charge on any atom is 0.271 e. The molecule has 0 bridgehead atoms. The predicted octanol–water partition coefficient (Wildman–Crippen LogP) is 4.22. The first kappa shape index (κ1) is 17.7. The number of carbonyl (C=O) groups excluding carboxylic acids is 1. The minimum atomic E-state index is -0.518. The smallest absolute Gasteiger partial charge is 0.271 e. The normalized spacial score (nSPS) is 10.2. The number of anilines is 1. The lowest BCUT2D eigenvalue weighted by molar-refractivity contribution is -0.384. The zero-order valence-corrected chi connectivity index (χ0v) is 13.9. The molecule has 0 radical (unpaired) electrons. The van der Waals surface area contributed by atoms with E-state index >= 15 is 0 Å². The molecule has 0 aliphatic heterocycles. The minimum absolute atomic E-state index is 0.104. The van der Waals surface area contributed by atoms with Gasteiger partial charge in [0.25, 0.3) is 5.69 Å². The molecule has 126 valence electrons. The van der Waals surface area contributed by atoms with Crippen LogP contribution in [0.3, 0.4) is 0 Å². The van der Waals surface area contributed by atoms with Gasteiger partial charge >= 0.3 is 0 Å². The summed E-state index contributed by atoms with van der Waals surface area (Å²) in [6.45, 7) is 0. The van der Waals surface area contributed by atoms with Gasteiger partial charge < -0.3 is 10.1 Å². The second kappa shape index (κ2) is 8.31. The number of methoxy groups -OCH3 is 1. The number of nitro benzene ring substituents is 1. The Morgan fingerprint density at radius 3 is 2.58 bits per heavy atom. The molecule has 0 fully saturated rings. The topological polar surface area (TPSA) is 81.5 Å². The van der Waals surface area contributed by atoms with Crippen molar-refractivity contribution in [3.63, 3.8) is 0 Å². The minimum Gasteiger partial charge on any atom is -0.495 e. The van der Waals surface area contributed by atoms with Crippen LogP contribution >= 0.6 is 11.6 Å². The van der Waals surface area contributed by atoms with Gasteiger partial charge in [-0.05, 0) is 36.6 Å². The molecule has 0 saturated carbocycles. The number of benzene rings is 2. The van der Waals surface area contributed by atoms with Gasteiger partial charge in [0, 0.05) is 23.6 Å². The summed E-state index contributed by atoms with van der Waals surface area (Å²) in [5.74, 6) is 0.161. The lowest BCUT2D eigenvalue weighted by Gasteiger charge is -2.10. The van der Waals surface area contributed by atoms with Crippen molar-refractivity contribution in [2.24, 2.45) is 0 Å². The van der Waals surface area contributed by atoms with Crippen molar-refractivity contribution in [1.29, 1.82) is 0 Å². The molecule has 0 aliphatic rings. The molecule has 0 aromatic heterocycles. The molecule has 0 atom stereocenters. The number of carbonyl (C=O) groups is 1. The molecule has 7 heteroatoms. The maximum atomic E-state index is 12.0. The van der Waals surface area contributed by atoms with Crippen molar-refractivity contribution in [3.05, 3.63) is 63.2 Å². The number of nitro groups is 1. The van der Waals surface area contributed by atoms with Gasteiger partial charge in [0.1, 0.15) is 5.75 Å². The highest BCUT2D eigenvalue weighted by atomic mass is 35.5. The molecule has 0 saturated heterocycles. The highest BCUT2D eigenvalue weighted by Crippen LogP contribution is 2.29. The molecule has 24 heavy (non-hydrogen) atoms. The third-order valence-corrected chi connectivity index (χ3v) is 3.70. The van der Waals surface area contributed by atoms with Crippen LogP contribution in [-0.2, 0) is 11.2 Å². The predicted molar refractivity (Wildman–Crippen MR) is 92.7 cm³/mol. The van der Waals surface area contributed by atoms with Gasteiger partial charge in [-0.2, -0.15) is 0 Å². The molecule has 1 amide bonds. The molecule has 0 aliphatic carbocycles. The number of hydrogen-bond acceptors (Lipinski definition) is 4. The quantitative estimate of drug-likeness (QED) is 0.600. The summed E-state index contributed by atoms with van der Waals surface area (Å²) in [4.78, 5) is 22.4. The van der Waals surface area contributed by atoms with Crippen LogP contribution in [0.2, 0.25) is 5.02 Å². The van der Waals surface area contributed by atoms with E-state index in [1.807, 2.05) is 24.3 Å². The van der Waals surface area contributed by atoms with E-state index in [-0.39, 0.29) is 11.6 Å². The number of nitrogens with zero attached hydrogens (tertiary/aromatic N) is 1. The Bertz CT molecular complexity index is 732. The zero-order chi connectivity index (χ0) is 17.5. The van der Waals surface area contributed by atoms with Crippen LogP contribution in [0.15, 0.2) is 42.5 Å². The summed E-state index contributed by atoms with van der Waals surface area (Å²) in [6, 6.07) is 11.5. The van der Waals surface area contributed by atoms with E-state index < -0.39 is 4.92 Å². The molecule has 1 N–H and O–H groups in total. The second-order valence-electron chi connectivity index (χ2n) is 5.17. The summed E-state index contributed by atoms with van der Waals surface area (Å²) in [5.41, 5.74) is 1.29. The molecule has 0 unspecified atom stereocenters. The molecule has 2 aromatic carbocycles. The monoisotopic (exact) mass is 348 g/mol. The van der Waals surface area contributed by atoms with Crippen molar-refractivity contribution in [2.45, 2.75) is 19.3 Å². The lowest BCUT2D eigenvalue weighted by Crippen LogP contribution is -2.12. The van der Waals surface area contributed by atoms with E-state index in [1.165, 1.54) is 25.3 Å². The van der Waals surface area contributed by atoms with Gasteiger partial charge in [0.15, 0.2) is 0 Å². The summed E-state index contributed by atoms with van der Waals surface area (Å²) in [7, 11) is 1.44. The van der Waals surface area contributed by atoms with Gasteiger partial charge in [-0.25, -0.2) is 0 Å². The molecule has 2 rings (SSSR count). The fourth-order valence-corrected chi connectivity index (χ4v) is 2.35. The number of ether oxygens (including phenoxy) is 1. The molecular weight excluding hydrogens is 332 g/mol. The van der Waals surface area contributed by atoms with Crippen molar-refractivity contribution < 1.29 is 14.5 Å². The molecule has 0 heterocycles. The van der Waals surface area contributed by atoms with Gasteiger partial charge in [0.05, 0.1) is 17.7 Å². The van der Waals surface area contributed by atoms with E-state index in [9.17, 15) is 14.9 Å². The Hall–Kier alpha value is -2.60. The average molecular weight is 349 g/mol. The van der Waals surface area contributed by atoms with Crippen molar-refractivity contribution in [3.8, 4) is 5.75 Å². The first-order chi connectivity index (χ1) is 11.5. The number of hydrogen-bond donors (Lipinski definition) is 1. The Kier molecular flexibility index (Phi) is 6.14. The third-order valence-electron chi connectivity index (χ3n) is 3.45. The number of non-ortho nitro benzene ring substituents is 1. The zero-order valence-electron chi connectivity index (χ0n) is 13.1. The van der Waals surface area contributed by atoms with Gasteiger partial charge in [0.2, 0.25) is 5.91 Å². The SMILES string of the molecule is COc1ccc([N+](=O)[O-])cc1NC(=O)CCCc1ccc(Cl)cc1. The van der Waals surface area contributed by atoms with Crippen LogP contribution in [0.1, 0.15) is 18.4 Å². The lowest BCUT2D eigenvalue weighted by atomic mass is 10.1. The van der Waals surface area contributed by atoms with Crippen molar-refractivity contribution in [2.75, 3.05) is 12.4 Å². The first-order valence-electron chi connectivity index (χ1n) is 7.36. The fraction of sp³-hybridized carbons (Fsp3) is 0.235. The highest BCUT2D eigenvalue weighted by molar-refractivity contribution is 6.30. The second-order valence-corrected chi connectivity index (χ2v) is 5.61. The van der Waals surface area contributed by atoms with Crippen LogP contribution in [0, 0.1) is 10.1 Å². The number of rotatable bonds is 7. The number of nitrogens with one attached hydrogen (secondary N) is 1. The Labute approximate surface area is 144 Å². The Morgan fingerprint density at radius 1 is 1.25 bits per heavy atom. The third kappa shape index (κ3) is 4.96. The van der Waals surface area contributed by atoms with E-state index in [4.69, 9.17) is 16.3 Å². The van der Waals surface area contributed by atoms with E-state index in [0.717, 1.165) is 12.0 Å². The highest BCUT2D eigenvalue weighted by Gasteiger charge is 2.13. The van der Waals surface area contributed by atoms with Crippen LogP contribution in [0.5, 0.6) is 5.75 Å².